The number of nitrogens with one attached hydrogen (secondary N) is 1. The van der Waals surface area contributed by atoms with Crippen LogP contribution in [0.3, 0.4) is 0 Å². The van der Waals surface area contributed by atoms with Gasteiger partial charge in [0.25, 0.3) is 0 Å². The zero-order valence-corrected chi connectivity index (χ0v) is 20.7. The van der Waals surface area contributed by atoms with E-state index in [9.17, 15) is 24.8 Å². The lowest BCUT2D eigenvalue weighted by atomic mass is 9.96. The van der Waals surface area contributed by atoms with Gasteiger partial charge in [-0.2, -0.15) is 15.4 Å². The Kier molecular flexibility index (Phi) is 7.47. The van der Waals surface area contributed by atoms with Gasteiger partial charge in [0.15, 0.2) is 5.82 Å². The van der Waals surface area contributed by atoms with Crippen molar-refractivity contribution in [3.63, 3.8) is 0 Å². The van der Waals surface area contributed by atoms with Crippen molar-refractivity contribution >= 4 is 25.1 Å². The van der Waals surface area contributed by atoms with Gasteiger partial charge in [-0.15, -0.1) is 0 Å². The highest BCUT2D eigenvalue weighted by molar-refractivity contribution is 7.52. The van der Waals surface area contributed by atoms with Crippen LogP contribution < -0.4 is 15.3 Å². The number of aliphatic hydroxyl groups excluding tert-OH is 2. The maximum absolute atomic E-state index is 13.6. The summed E-state index contributed by atoms with van der Waals surface area (Å²) in [6.45, 7) is 0.575. The van der Waals surface area contributed by atoms with E-state index in [-0.39, 0.29) is 17.3 Å². The van der Waals surface area contributed by atoms with Crippen LogP contribution in [0.2, 0.25) is 0 Å². The second-order valence-electron chi connectivity index (χ2n) is 8.22. The van der Waals surface area contributed by atoms with Gasteiger partial charge in [-0.05, 0) is 31.2 Å². The minimum absolute atomic E-state index is 0.143. The molecule has 1 aliphatic rings. The van der Waals surface area contributed by atoms with Gasteiger partial charge >= 0.3 is 13.7 Å². The fourth-order valence-corrected chi connectivity index (χ4v) is 5.35. The van der Waals surface area contributed by atoms with Crippen LogP contribution in [0.25, 0.3) is 5.52 Å². The average Bonchev–Trinajstić information content (AvgIpc) is 3.43. The van der Waals surface area contributed by atoms with Crippen LogP contribution in [0.5, 0.6) is 5.75 Å². The second kappa shape index (κ2) is 10.4. The number of nitrogens with zero attached hydrogens (tertiary/aromatic N) is 4. The highest BCUT2D eigenvalue weighted by atomic mass is 31.2. The molecule has 0 amide bonds. The number of ether oxygens (including phenoxy) is 2. The van der Waals surface area contributed by atoms with Gasteiger partial charge in [-0.3, -0.25) is 9.32 Å². The van der Waals surface area contributed by atoms with Gasteiger partial charge in [0.2, 0.25) is 5.60 Å². The number of fused-ring (bicyclic) bond motifs is 1. The number of para-hydroxylation sites is 1. The molecule has 0 bridgehead atoms. The number of esters is 1. The molecule has 3 heterocycles. The van der Waals surface area contributed by atoms with Crippen molar-refractivity contribution in [1.82, 2.24) is 19.7 Å². The van der Waals surface area contributed by atoms with E-state index < -0.39 is 50.3 Å². The summed E-state index contributed by atoms with van der Waals surface area (Å²) in [5, 5.41) is 38.1. The topological polar surface area (TPSA) is 204 Å². The summed E-state index contributed by atoms with van der Waals surface area (Å²) < 4.78 is 36.5. The van der Waals surface area contributed by atoms with E-state index in [2.05, 4.69) is 19.9 Å². The van der Waals surface area contributed by atoms with Crippen molar-refractivity contribution in [3.05, 3.63) is 54.5 Å². The van der Waals surface area contributed by atoms with E-state index in [0.717, 1.165) is 7.11 Å². The van der Waals surface area contributed by atoms with Gasteiger partial charge < -0.3 is 29.9 Å². The summed E-state index contributed by atoms with van der Waals surface area (Å²) in [5.41, 5.74) is 4.40. The molecule has 0 spiro atoms. The van der Waals surface area contributed by atoms with E-state index in [4.69, 9.17) is 19.5 Å². The highest BCUT2D eigenvalue weighted by Crippen LogP contribution is 2.48. The number of carbonyl (C=O) groups excluding carboxylic acids is 1. The molecule has 1 aliphatic heterocycles. The zero-order chi connectivity index (χ0) is 26.8. The molecule has 1 saturated heterocycles. The van der Waals surface area contributed by atoms with Gasteiger partial charge in [0.05, 0.1) is 12.8 Å². The number of anilines is 1. The normalized spacial score (nSPS) is 25.8. The standard InChI is InChI=1S/C22H25N6O8P/c1-13(21(31)33-2)27-37(32,36-14-6-4-3-5-7-14)34-11-22(10-23)19(30)17(29)18(35-22)15-8-9-16-20(24)25-12-26-28(15)16/h3-9,12-13,17-19,29-30H,11H2,1-2H3,(H,27,32)(H2,24,25,26)/t13-,17-,18-,19-,22+,37?/m0/s1. The van der Waals surface area contributed by atoms with E-state index >= 15 is 0 Å². The molecule has 15 heteroatoms. The molecule has 6 atom stereocenters. The third kappa shape index (κ3) is 5.14. The average molecular weight is 532 g/mol. The molecule has 3 aromatic rings. The monoisotopic (exact) mass is 532 g/mol. The van der Waals surface area contributed by atoms with E-state index in [1.54, 1.807) is 30.3 Å². The molecule has 37 heavy (non-hydrogen) atoms. The van der Waals surface area contributed by atoms with E-state index in [1.165, 1.54) is 29.9 Å². The van der Waals surface area contributed by atoms with Gasteiger partial charge in [-0.25, -0.2) is 14.1 Å². The Labute approximate surface area is 211 Å². The number of rotatable bonds is 9. The molecule has 4 rings (SSSR count). The maximum Gasteiger partial charge on any atom is 0.459 e. The molecule has 5 N–H and O–H groups in total. The van der Waals surface area contributed by atoms with Crippen molar-refractivity contribution in [1.29, 1.82) is 5.26 Å². The first-order valence-electron chi connectivity index (χ1n) is 11.0. The van der Waals surface area contributed by atoms with Crippen LogP contribution in [0.4, 0.5) is 5.82 Å². The van der Waals surface area contributed by atoms with Crippen LogP contribution in [0.15, 0.2) is 48.8 Å². The van der Waals surface area contributed by atoms with Crippen molar-refractivity contribution < 1.29 is 38.1 Å². The Morgan fingerprint density at radius 3 is 2.76 bits per heavy atom. The number of hydrogen-bond acceptors (Lipinski definition) is 12. The maximum atomic E-state index is 13.6. The van der Waals surface area contributed by atoms with Gasteiger partial charge in [0, 0.05) is 0 Å². The van der Waals surface area contributed by atoms with Crippen LogP contribution in [-0.4, -0.2) is 68.3 Å². The van der Waals surface area contributed by atoms with Gasteiger partial charge in [0.1, 0.15) is 54.6 Å². The molecule has 0 radical (unpaired) electrons. The molecular weight excluding hydrogens is 507 g/mol. The van der Waals surface area contributed by atoms with Crippen molar-refractivity contribution in [2.75, 3.05) is 19.5 Å². The summed E-state index contributed by atoms with van der Waals surface area (Å²) >= 11 is 0. The predicted octanol–water partition coefficient (Wildman–Crippen LogP) is 0.722. The lowest BCUT2D eigenvalue weighted by molar-refractivity contribution is -0.142. The summed E-state index contributed by atoms with van der Waals surface area (Å²) in [4.78, 5) is 15.8. The number of aromatic nitrogens is 3. The van der Waals surface area contributed by atoms with E-state index in [0.29, 0.717) is 5.52 Å². The minimum Gasteiger partial charge on any atom is -0.468 e. The third-order valence-electron chi connectivity index (χ3n) is 5.76. The Morgan fingerprint density at radius 2 is 2.08 bits per heavy atom. The predicted molar refractivity (Wildman–Crippen MR) is 127 cm³/mol. The van der Waals surface area contributed by atoms with Crippen molar-refractivity contribution in [2.24, 2.45) is 0 Å². The molecule has 1 aromatic carbocycles. The van der Waals surface area contributed by atoms with E-state index in [1.807, 2.05) is 6.07 Å². The fourth-order valence-electron chi connectivity index (χ4n) is 3.83. The summed E-state index contributed by atoms with van der Waals surface area (Å²) in [5.74, 6) is -0.428. The molecule has 196 valence electrons. The molecule has 1 fully saturated rings. The summed E-state index contributed by atoms with van der Waals surface area (Å²) in [6.07, 6.45) is -3.40. The smallest absolute Gasteiger partial charge is 0.459 e. The largest absolute Gasteiger partial charge is 0.468 e. The fraction of sp³-hybridized carbons (Fsp3) is 0.364. The zero-order valence-electron chi connectivity index (χ0n) is 19.8. The van der Waals surface area contributed by atoms with Gasteiger partial charge in [-0.1, -0.05) is 18.2 Å². The SMILES string of the molecule is COC(=O)[C@H](C)NP(=O)(OC[C@@]1(C#N)O[C@@H](c2ccc3c(N)ncnn23)[C@H](O)[C@@H]1O)Oc1ccccc1. The number of benzene rings is 1. The van der Waals surface area contributed by atoms with Crippen LogP contribution in [0.1, 0.15) is 18.7 Å². The highest BCUT2D eigenvalue weighted by Gasteiger charge is 2.57. The number of nitrogen functional groups attached to an aromatic ring is 1. The Morgan fingerprint density at radius 1 is 1.35 bits per heavy atom. The number of carbonyl (C=O) groups is 1. The van der Waals surface area contributed by atoms with Crippen LogP contribution in [0, 0.1) is 11.3 Å². The number of methoxy groups -OCH3 is 1. The molecule has 1 unspecified atom stereocenters. The lowest BCUT2D eigenvalue weighted by Gasteiger charge is -2.28. The number of nitriles is 1. The first-order valence-corrected chi connectivity index (χ1v) is 12.6. The third-order valence-corrected chi connectivity index (χ3v) is 7.39. The summed E-state index contributed by atoms with van der Waals surface area (Å²) in [7, 11) is -3.21. The molecule has 2 aromatic heterocycles. The molecule has 0 saturated carbocycles. The Bertz CT molecular complexity index is 1360. The first-order chi connectivity index (χ1) is 17.6. The minimum atomic E-state index is -4.36. The second-order valence-corrected chi connectivity index (χ2v) is 9.92. The first kappa shape index (κ1) is 26.5. The van der Waals surface area contributed by atoms with Crippen LogP contribution >= 0.6 is 7.75 Å². The number of aliphatic hydroxyl groups is 2. The van der Waals surface area contributed by atoms with Crippen molar-refractivity contribution in [3.8, 4) is 11.8 Å². The number of hydrogen-bond donors (Lipinski definition) is 4. The Hall–Kier alpha value is -3.57. The molecular formula is C22H25N6O8P. The number of nitrogens with two attached hydrogens (primary N) is 1. The Balaban J connectivity index is 1.60. The quantitative estimate of drug-likeness (QED) is 0.222. The van der Waals surface area contributed by atoms with Crippen LogP contribution in [-0.2, 0) is 23.4 Å². The van der Waals surface area contributed by atoms with Crippen molar-refractivity contribution in [2.45, 2.75) is 36.9 Å². The lowest BCUT2D eigenvalue weighted by Crippen LogP contribution is -2.46. The molecule has 14 nitrogen and oxygen atoms in total. The molecule has 0 aliphatic carbocycles. The summed E-state index contributed by atoms with van der Waals surface area (Å²) in [6, 6.07) is 11.8.